The van der Waals surface area contributed by atoms with Crippen LogP contribution in [0.1, 0.15) is 5.56 Å². The van der Waals surface area contributed by atoms with Gasteiger partial charge in [-0.3, -0.25) is 0 Å². The fraction of sp³-hybridized carbons (Fsp3) is 0.154. The third-order valence-electron chi connectivity index (χ3n) is 2.75. The van der Waals surface area contributed by atoms with Gasteiger partial charge in [-0.25, -0.2) is 4.98 Å². The van der Waals surface area contributed by atoms with E-state index < -0.39 is 0 Å². The first kappa shape index (κ1) is 11.1. The van der Waals surface area contributed by atoms with Crippen LogP contribution in [0.25, 0.3) is 11.3 Å². The molecule has 1 aromatic heterocycles. The van der Waals surface area contributed by atoms with E-state index in [1.807, 2.05) is 30.3 Å². The summed E-state index contributed by atoms with van der Waals surface area (Å²) in [6.45, 7) is 0.693. The van der Waals surface area contributed by atoms with Crippen LogP contribution in [0.5, 0.6) is 5.88 Å². The summed E-state index contributed by atoms with van der Waals surface area (Å²) in [5, 5.41) is 0.668. The van der Waals surface area contributed by atoms with Gasteiger partial charge in [0.05, 0.1) is 17.3 Å². The van der Waals surface area contributed by atoms with Crippen LogP contribution < -0.4 is 4.74 Å². The van der Waals surface area contributed by atoms with Crippen LogP contribution in [0, 0.1) is 0 Å². The first-order valence-electron chi connectivity index (χ1n) is 5.33. The molecule has 0 saturated carbocycles. The number of fused-ring (bicyclic) bond motifs is 1. The van der Waals surface area contributed by atoms with Gasteiger partial charge in [-0.15, -0.1) is 0 Å². The lowest BCUT2D eigenvalue weighted by Crippen LogP contribution is -1.91. The van der Waals surface area contributed by atoms with Crippen LogP contribution in [0.3, 0.4) is 0 Å². The summed E-state index contributed by atoms with van der Waals surface area (Å²) < 4.78 is 6.45. The van der Waals surface area contributed by atoms with Crippen molar-refractivity contribution in [3.8, 4) is 17.1 Å². The Hall–Kier alpha value is -1.06. The Kier molecular flexibility index (Phi) is 2.81. The summed E-state index contributed by atoms with van der Waals surface area (Å²) >= 11 is 9.78. The van der Waals surface area contributed by atoms with Crippen LogP contribution in [-0.2, 0) is 6.42 Å². The topological polar surface area (TPSA) is 22.1 Å². The maximum absolute atomic E-state index is 6.28. The highest BCUT2D eigenvalue weighted by Gasteiger charge is 2.18. The molecule has 2 aromatic rings. The van der Waals surface area contributed by atoms with Crippen molar-refractivity contribution in [1.82, 2.24) is 4.98 Å². The zero-order valence-corrected chi connectivity index (χ0v) is 11.3. The fourth-order valence-corrected chi connectivity index (χ4v) is 2.66. The maximum atomic E-state index is 6.28. The predicted molar refractivity (Wildman–Crippen MR) is 71.6 cm³/mol. The lowest BCUT2D eigenvalue weighted by Gasteiger charge is -2.08. The van der Waals surface area contributed by atoms with Gasteiger partial charge in [0.25, 0.3) is 0 Å². The number of halogens is 2. The van der Waals surface area contributed by atoms with E-state index in [0.29, 0.717) is 17.5 Å². The highest BCUT2D eigenvalue weighted by Crippen LogP contribution is 2.36. The molecule has 0 spiro atoms. The third-order valence-corrected chi connectivity index (χ3v) is 3.73. The lowest BCUT2D eigenvalue weighted by atomic mass is 10.1. The average molecular weight is 311 g/mol. The number of benzene rings is 1. The largest absolute Gasteiger partial charge is 0.477 e. The normalized spacial score (nSPS) is 13.3. The van der Waals surface area contributed by atoms with E-state index in [4.69, 9.17) is 16.3 Å². The molecule has 4 heteroatoms. The molecule has 2 nitrogen and oxygen atoms in total. The number of aromatic nitrogens is 1. The van der Waals surface area contributed by atoms with Crippen molar-refractivity contribution in [2.75, 3.05) is 6.61 Å². The molecule has 1 aliphatic heterocycles. The van der Waals surface area contributed by atoms with E-state index in [0.717, 1.165) is 27.7 Å². The molecular formula is C13H9BrClNO. The van der Waals surface area contributed by atoms with Crippen LogP contribution >= 0.6 is 27.5 Å². The van der Waals surface area contributed by atoms with E-state index in [9.17, 15) is 0 Å². The number of hydrogen-bond acceptors (Lipinski definition) is 2. The van der Waals surface area contributed by atoms with Gasteiger partial charge in [-0.2, -0.15) is 0 Å². The molecule has 0 atom stereocenters. The van der Waals surface area contributed by atoms with E-state index in [1.165, 1.54) is 0 Å². The summed E-state index contributed by atoms with van der Waals surface area (Å²) in [5.74, 6) is 0.708. The van der Waals surface area contributed by atoms with Gasteiger partial charge in [0.1, 0.15) is 0 Å². The van der Waals surface area contributed by atoms with Gasteiger partial charge in [0.15, 0.2) is 0 Å². The molecule has 1 aromatic carbocycles. The Morgan fingerprint density at radius 2 is 2.12 bits per heavy atom. The van der Waals surface area contributed by atoms with Crippen molar-refractivity contribution >= 4 is 27.5 Å². The van der Waals surface area contributed by atoms with E-state index in [1.54, 1.807) is 0 Å². The summed E-state index contributed by atoms with van der Waals surface area (Å²) in [6.07, 6.45) is 0.887. The Bertz CT molecular complexity index is 586. The Labute approximate surface area is 113 Å². The van der Waals surface area contributed by atoms with Gasteiger partial charge >= 0.3 is 0 Å². The molecule has 0 fully saturated rings. The number of ether oxygens (including phenoxy) is 1. The molecule has 0 radical (unpaired) electrons. The second-order valence-corrected chi connectivity index (χ2v) is 5.12. The second kappa shape index (κ2) is 4.31. The highest BCUT2D eigenvalue weighted by atomic mass is 79.9. The zero-order chi connectivity index (χ0) is 11.8. The molecule has 0 N–H and O–H groups in total. The fourth-order valence-electron chi connectivity index (χ4n) is 1.91. The molecule has 2 heterocycles. The summed E-state index contributed by atoms with van der Waals surface area (Å²) in [6, 6.07) is 9.84. The molecule has 0 bridgehead atoms. The van der Waals surface area contributed by atoms with Crippen LogP contribution in [0.15, 0.2) is 34.8 Å². The number of rotatable bonds is 1. The van der Waals surface area contributed by atoms with Crippen molar-refractivity contribution in [2.45, 2.75) is 6.42 Å². The average Bonchev–Trinajstić information content (AvgIpc) is 2.76. The molecule has 3 rings (SSSR count). The minimum absolute atomic E-state index is 0.668. The number of hydrogen-bond donors (Lipinski definition) is 0. The van der Waals surface area contributed by atoms with Crippen molar-refractivity contribution < 1.29 is 4.74 Å². The van der Waals surface area contributed by atoms with Crippen LogP contribution in [0.4, 0.5) is 0 Å². The van der Waals surface area contributed by atoms with Gasteiger partial charge < -0.3 is 4.74 Å². The van der Waals surface area contributed by atoms with Crippen LogP contribution in [-0.4, -0.2) is 11.6 Å². The molecule has 0 saturated heterocycles. The first-order valence-corrected chi connectivity index (χ1v) is 6.50. The Morgan fingerprint density at radius 3 is 2.94 bits per heavy atom. The number of nitrogens with zero attached hydrogens (tertiary/aromatic N) is 1. The SMILES string of the molecule is Clc1cc2c(nc1-c1ccccc1Br)OCC2. The molecule has 1 aliphatic rings. The first-order chi connectivity index (χ1) is 8.25. The van der Waals surface area contributed by atoms with Crippen molar-refractivity contribution in [3.05, 3.63) is 45.4 Å². The highest BCUT2D eigenvalue weighted by molar-refractivity contribution is 9.10. The van der Waals surface area contributed by atoms with Gasteiger partial charge in [-0.1, -0.05) is 45.7 Å². The predicted octanol–water partition coefficient (Wildman–Crippen LogP) is 4.10. The summed E-state index contributed by atoms with van der Waals surface area (Å²) in [4.78, 5) is 4.50. The van der Waals surface area contributed by atoms with Crippen molar-refractivity contribution in [1.29, 1.82) is 0 Å². The van der Waals surface area contributed by atoms with E-state index >= 15 is 0 Å². The standard InChI is InChI=1S/C13H9BrClNO/c14-10-4-2-1-3-9(10)12-11(15)7-8-5-6-17-13(8)16-12/h1-4,7H,5-6H2. The lowest BCUT2D eigenvalue weighted by molar-refractivity contribution is 0.345. The molecule has 0 amide bonds. The Morgan fingerprint density at radius 1 is 1.29 bits per heavy atom. The molecule has 86 valence electrons. The van der Waals surface area contributed by atoms with Gasteiger partial charge in [0.2, 0.25) is 5.88 Å². The minimum Gasteiger partial charge on any atom is -0.477 e. The molecule has 0 unspecified atom stereocenters. The Balaban J connectivity index is 2.19. The second-order valence-electron chi connectivity index (χ2n) is 3.86. The van der Waals surface area contributed by atoms with Crippen LogP contribution in [0.2, 0.25) is 5.02 Å². The van der Waals surface area contributed by atoms with Crippen molar-refractivity contribution in [2.24, 2.45) is 0 Å². The van der Waals surface area contributed by atoms with E-state index in [2.05, 4.69) is 20.9 Å². The van der Waals surface area contributed by atoms with Crippen molar-refractivity contribution in [3.63, 3.8) is 0 Å². The summed E-state index contributed by atoms with van der Waals surface area (Å²) in [5.41, 5.74) is 2.83. The van der Waals surface area contributed by atoms with Gasteiger partial charge in [-0.05, 0) is 12.1 Å². The minimum atomic E-state index is 0.668. The van der Waals surface area contributed by atoms with E-state index in [-0.39, 0.29) is 0 Å². The smallest absolute Gasteiger partial charge is 0.217 e. The molecule has 17 heavy (non-hydrogen) atoms. The molecular weight excluding hydrogens is 302 g/mol. The monoisotopic (exact) mass is 309 g/mol. The number of pyridine rings is 1. The maximum Gasteiger partial charge on any atom is 0.217 e. The summed E-state index contributed by atoms with van der Waals surface area (Å²) in [7, 11) is 0. The zero-order valence-electron chi connectivity index (χ0n) is 8.91. The molecule has 0 aliphatic carbocycles. The third kappa shape index (κ3) is 1.94. The van der Waals surface area contributed by atoms with Gasteiger partial charge in [0, 0.05) is 22.0 Å². The quantitative estimate of drug-likeness (QED) is 0.791.